The molecule has 0 amide bonds. The Labute approximate surface area is 163 Å². The third kappa shape index (κ3) is 5.23. The molecule has 3 rings (SSSR count). The van der Waals surface area contributed by atoms with Crippen molar-refractivity contribution in [3.8, 4) is 0 Å². The summed E-state index contributed by atoms with van der Waals surface area (Å²) >= 11 is 1.62. The molecule has 0 saturated carbocycles. The van der Waals surface area contributed by atoms with Crippen molar-refractivity contribution in [1.29, 1.82) is 0 Å². The molecule has 6 nitrogen and oxygen atoms in total. The number of benzene rings is 1. The van der Waals surface area contributed by atoms with Crippen LogP contribution in [0, 0.1) is 12.7 Å². The molecule has 0 aliphatic carbocycles. The molecule has 1 aliphatic rings. The van der Waals surface area contributed by atoms with Crippen LogP contribution in [0.25, 0.3) is 0 Å². The first kappa shape index (κ1) is 19.7. The number of hydrogen-bond donors (Lipinski definition) is 1. The largest absolute Gasteiger partial charge is 0.361 e. The summed E-state index contributed by atoms with van der Waals surface area (Å²) in [6, 6.07) is 6.89. The number of aromatic nitrogens is 1. The van der Waals surface area contributed by atoms with Gasteiger partial charge in [0, 0.05) is 57.3 Å². The first-order valence-electron chi connectivity index (χ1n) is 9.01. The third-order valence-electron chi connectivity index (χ3n) is 4.63. The van der Waals surface area contributed by atoms with E-state index in [1.165, 1.54) is 6.07 Å². The van der Waals surface area contributed by atoms with Crippen LogP contribution in [0.2, 0.25) is 0 Å². The molecule has 2 heterocycles. The molecular formula is C19H26FN5OS. The van der Waals surface area contributed by atoms with E-state index in [2.05, 4.69) is 25.3 Å². The summed E-state index contributed by atoms with van der Waals surface area (Å²) in [6.07, 6.45) is 2.00. The highest BCUT2D eigenvalue weighted by Crippen LogP contribution is 2.21. The molecule has 2 aromatic rings. The first-order chi connectivity index (χ1) is 13.1. The summed E-state index contributed by atoms with van der Waals surface area (Å²) in [6.45, 7) is 6.90. The van der Waals surface area contributed by atoms with Gasteiger partial charge in [-0.3, -0.25) is 9.89 Å². The van der Waals surface area contributed by atoms with Crippen LogP contribution in [0.5, 0.6) is 0 Å². The summed E-state index contributed by atoms with van der Waals surface area (Å²) in [5.74, 6) is 1.48. The third-order valence-corrected chi connectivity index (χ3v) is 5.46. The highest BCUT2D eigenvalue weighted by atomic mass is 32.2. The van der Waals surface area contributed by atoms with Crippen molar-refractivity contribution in [3.05, 3.63) is 47.1 Å². The Morgan fingerprint density at radius 1 is 1.30 bits per heavy atom. The fourth-order valence-corrected chi connectivity index (χ4v) is 3.83. The van der Waals surface area contributed by atoms with E-state index in [4.69, 9.17) is 4.52 Å². The minimum atomic E-state index is -0.212. The minimum Gasteiger partial charge on any atom is -0.361 e. The van der Waals surface area contributed by atoms with Crippen molar-refractivity contribution in [2.24, 2.45) is 4.99 Å². The molecule has 1 aromatic heterocycles. The molecule has 27 heavy (non-hydrogen) atoms. The number of aliphatic imine (C=N–C) groups is 1. The maximum Gasteiger partial charge on any atom is 0.194 e. The van der Waals surface area contributed by atoms with Gasteiger partial charge in [-0.05, 0) is 36.9 Å². The normalized spacial score (nSPS) is 16.0. The van der Waals surface area contributed by atoms with Crippen LogP contribution in [0.1, 0.15) is 17.0 Å². The van der Waals surface area contributed by atoms with Crippen LogP contribution in [-0.2, 0) is 13.1 Å². The predicted molar refractivity (Wildman–Crippen MR) is 106 cm³/mol. The molecule has 1 aromatic carbocycles. The van der Waals surface area contributed by atoms with Crippen molar-refractivity contribution in [2.75, 3.05) is 39.5 Å². The molecule has 0 bridgehead atoms. The van der Waals surface area contributed by atoms with E-state index < -0.39 is 0 Å². The highest BCUT2D eigenvalue weighted by molar-refractivity contribution is 7.98. The van der Waals surface area contributed by atoms with Crippen LogP contribution in [-0.4, -0.2) is 60.4 Å². The molecular weight excluding hydrogens is 365 g/mol. The Morgan fingerprint density at radius 2 is 2.07 bits per heavy atom. The standard InChI is InChI=1S/C19H26FN5OS/c1-14-10-17(23-26-14)13-24-6-8-25(9-7-24)19(21-2)22-12-15-11-16(20)4-5-18(15)27-3/h4-5,10-11H,6-9,12-13H2,1-3H3,(H,21,22). The van der Waals surface area contributed by atoms with Gasteiger partial charge in [0.15, 0.2) is 5.96 Å². The van der Waals surface area contributed by atoms with Gasteiger partial charge in [-0.1, -0.05) is 5.16 Å². The van der Waals surface area contributed by atoms with Gasteiger partial charge in [0.05, 0.1) is 5.69 Å². The fraction of sp³-hybridized carbons (Fsp3) is 0.474. The maximum absolute atomic E-state index is 13.6. The molecule has 1 aliphatic heterocycles. The average Bonchev–Trinajstić information content (AvgIpc) is 3.08. The summed E-state index contributed by atoms with van der Waals surface area (Å²) in [4.78, 5) is 10.1. The lowest BCUT2D eigenvalue weighted by Crippen LogP contribution is -2.52. The zero-order valence-electron chi connectivity index (χ0n) is 16.0. The first-order valence-corrected chi connectivity index (χ1v) is 10.2. The molecule has 0 spiro atoms. The van der Waals surface area contributed by atoms with Gasteiger partial charge in [-0.25, -0.2) is 4.39 Å². The second kappa shape index (κ2) is 9.23. The van der Waals surface area contributed by atoms with Crippen LogP contribution in [0.15, 0.2) is 38.7 Å². The number of halogens is 1. The summed E-state index contributed by atoms with van der Waals surface area (Å²) in [7, 11) is 1.79. The number of aryl methyl sites for hydroxylation is 1. The number of piperazine rings is 1. The van der Waals surface area contributed by atoms with E-state index in [1.807, 2.05) is 25.3 Å². The Balaban J connectivity index is 1.52. The van der Waals surface area contributed by atoms with Gasteiger partial charge in [-0.2, -0.15) is 0 Å². The number of nitrogens with zero attached hydrogens (tertiary/aromatic N) is 4. The van der Waals surface area contributed by atoms with E-state index >= 15 is 0 Å². The number of guanidine groups is 1. The average molecular weight is 392 g/mol. The predicted octanol–water partition coefficient (Wildman–Crippen LogP) is 2.74. The van der Waals surface area contributed by atoms with Gasteiger partial charge < -0.3 is 14.7 Å². The monoisotopic (exact) mass is 391 g/mol. The molecule has 0 radical (unpaired) electrons. The van der Waals surface area contributed by atoms with E-state index in [0.29, 0.717) is 6.54 Å². The van der Waals surface area contributed by atoms with Crippen molar-refractivity contribution >= 4 is 17.7 Å². The number of hydrogen-bond acceptors (Lipinski definition) is 5. The molecule has 8 heteroatoms. The number of nitrogens with one attached hydrogen (secondary N) is 1. The molecule has 146 valence electrons. The van der Waals surface area contributed by atoms with Gasteiger partial charge in [0.1, 0.15) is 11.6 Å². The van der Waals surface area contributed by atoms with Gasteiger partial charge >= 0.3 is 0 Å². The van der Waals surface area contributed by atoms with Crippen LogP contribution in [0.4, 0.5) is 4.39 Å². The molecule has 0 atom stereocenters. The van der Waals surface area contributed by atoms with Crippen LogP contribution < -0.4 is 5.32 Å². The minimum absolute atomic E-state index is 0.212. The maximum atomic E-state index is 13.6. The van der Waals surface area contributed by atoms with E-state index in [9.17, 15) is 4.39 Å². The Hall–Kier alpha value is -2.06. The number of thioether (sulfide) groups is 1. The van der Waals surface area contributed by atoms with E-state index in [1.54, 1.807) is 24.9 Å². The quantitative estimate of drug-likeness (QED) is 0.481. The highest BCUT2D eigenvalue weighted by Gasteiger charge is 2.20. The molecule has 1 saturated heterocycles. The molecule has 0 unspecified atom stereocenters. The SMILES string of the molecule is CN=C(NCc1cc(F)ccc1SC)N1CCN(Cc2cc(C)on2)CC1. The van der Waals surface area contributed by atoms with Gasteiger partial charge in [0.2, 0.25) is 0 Å². The second-order valence-electron chi connectivity index (χ2n) is 6.55. The summed E-state index contributed by atoms with van der Waals surface area (Å²) in [5.41, 5.74) is 1.92. The van der Waals surface area contributed by atoms with E-state index in [0.717, 1.165) is 60.6 Å². The van der Waals surface area contributed by atoms with Crippen molar-refractivity contribution in [2.45, 2.75) is 24.9 Å². The zero-order chi connectivity index (χ0) is 19.2. The lowest BCUT2D eigenvalue weighted by molar-refractivity contribution is 0.169. The Kier molecular flexibility index (Phi) is 6.73. The van der Waals surface area contributed by atoms with Crippen molar-refractivity contribution in [1.82, 2.24) is 20.3 Å². The smallest absolute Gasteiger partial charge is 0.194 e. The van der Waals surface area contributed by atoms with E-state index in [-0.39, 0.29) is 5.82 Å². The lowest BCUT2D eigenvalue weighted by Gasteiger charge is -2.36. The molecule has 1 fully saturated rings. The Bertz CT molecular complexity index is 786. The number of rotatable bonds is 5. The van der Waals surface area contributed by atoms with Crippen molar-refractivity contribution in [3.63, 3.8) is 0 Å². The van der Waals surface area contributed by atoms with Crippen LogP contribution >= 0.6 is 11.8 Å². The molecule has 1 N–H and O–H groups in total. The topological polar surface area (TPSA) is 56.9 Å². The zero-order valence-corrected chi connectivity index (χ0v) is 16.9. The van der Waals surface area contributed by atoms with Crippen molar-refractivity contribution < 1.29 is 8.91 Å². The van der Waals surface area contributed by atoms with Gasteiger partial charge in [-0.15, -0.1) is 11.8 Å². The van der Waals surface area contributed by atoms with Gasteiger partial charge in [0.25, 0.3) is 0 Å². The second-order valence-corrected chi connectivity index (χ2v) is 7.40. The Morgan fingerprint density at radius 3 is 2.70 bits per heavy atom. The van der Waals surface area contributed by atoms with Crippen LogP contribution in [0.3, 0.4) is 0 Å². The fourth-order valence-electron chi connectivity index (χ4n) is 3.23. The summed E-state index contributed by atoms with van der Waals surface area (Å²) in [5, 5.41) is 7.44. The lowest BCUT2D eigenvalue weighted by atomic mass is 10.2. The summed E-state index contributed by atoms with van der Waals surface area (Å²) < 4.78 is 18.7.